The molecule has 6 nitrogen and oxygen atoms in total. The summed E-state index contributed by atoms with van der Waals surface area (Å²) in [5, 5.41) is 5.47. The number of methoxy groups -OCH3 is 1. The summed E-state index contributed by atoms with van der Waals surface area (Å²) in [6, 6.07) is 19.4. The first-order valence-electron chi connectivity index (χ1n) is 10.6. The third-order valence-corrected chi connectivity index (χ3v) is 6.25. The number of aryl methyl sites for hydroxylation is 2. The second kappa shape index (κ2) is 9.83. The average Bonchev–Trinajstić information content (AvgIpc) is 3.41. The van der Waals surface area contributed by atoms with Crippen molar-refractivity contribution in [2.24, 2.45) is 0 Å². The van der Waals surface area contributed by atoms with Crippen molar-refractivity contribution in [2.75, 3.05) is 12.4 Å². The fourth-order valence-corrected chi connectivity index (χ4v) is 4.55. The predicted molar refractivity (Wildman–Crippen MR) is 131 cm³/mol. The van der Waals surface area contributed by atoms with Crippen LogP contribution >= 0.6 is 11.3 Å². The van der Waals surface area contributed by atoms with Crippen LogP contribution in [-0.2, 0) is 16.0 Å². The first-order valence-corrected chi connectivity index (χ1v) is 11.5. The number of esters is 1. The van der Waals surface area contributed by atoms with Gasteiger partial charge in [-0.05, 0) is 56.2 Å². The lowest BCUT2D eigenvalue weighted by molar-refractivity contribution is -0.116. The van der Waals surface area contributed by atoms with E-state index in [4.69, 9.17) is 4.74 Å². The first-order chi connectivity index (χ1) is 16.0. The van der Waals surface area contributed by atoms with E-state index in [1.54, 1.807) is 12.1 Å². The molecule has 0 unspecified atom stereocenters. The number of nitrogens with zero attached hydrogens (tertiary/aromatic N) is 2. The van der Waals surface area contributed by atoms with Crippen molar-refractivity contribution in [2.45, 2.75) is 26.7 Å². The molecule has 168 valence electrons. The van der Waals surface area contributed by atoms with Crippen LogP contribution in [-0.4, -0.2) is 28.5 Å². The standard InChI is InChI=1S/C26H25N3O3S/c1-17-15-22(18(2)29(17)21-12-10-20(11-13-21)25(31)32-3)23-16-33-26(27-23)28-24(30)14-9-19-7-5-4-6-8-19/h4-8,10-13,15-16H,9,14H2,1-3H3,(H,27,28,30). The summed E-state index contributed by atoms with van der Waals surface area (Å²) in [4.78, 5) is 28.7. The molecule has 33 heavy (non-hydrogen) atoms. The largest absolute Gasteiger partial charge is 0.465 e. The topological polar surface area (TPSA) is 73.2 Å². The summed E-state index contributed by atoms with van der Waals surface area (Å²) in [6.45, 7) is 4.07. The zero-order chi connectivity index (χ0) is 23.4. The van der Waals surface area contributed by atoms with Gasteiger partial charge in [0.1, 0.15) is 0 Å². The van der Waals surface area contributed by atoms with Crippen molar-refractivity contribution in [3.63, 3.8) is 0 Å². The highest BCUT2D eigenvalue weighted by Crippen LogP contribution is 2.32. The lowest BCUT2D eigenvalue weighted by atomic mass is 10.1. The van der Waals surface area contributed by atoms with Crippen LogP contribution in [0.15, 0.2) is 66.0 Å². The zero-order valence-corrected chi connectivity index (χ0v) is 19.6. The fourth-order valence-electron chi connectivity index (χ4n) is 3.82. The molecule has 0 saturated heterocycles. The van der Waals surface area contributed by atoms with E-state index in [9.17, 15) is 9.59 Å². The number of rotatable bonds is 7. The molecule has 0 aliphatic carbocycles. The summed E-state index contributed by atoms with van der Waals surface area (Å²) in [6.07, 6.45) is 1.11. The van der Waals surface area contributed by atoms with Gasteiger partial charge in [-0.15, -0.1) is 11.3 Å². The average molecular weight is 460 g/mol. The minimum atomic E-state index is -0.357. The Kier molecular flexibility index (Phi) is 6.70. The van der Waals surface area contributed by atoms with E-state index < -0.39 is 0 Å². The highest BCUT2D eigenvalue weighted by atomic mass is 32.1. The van der Waals surface area contributed by atoms with Gasteiger partial charge in [-0.2, -0.15) is 0 Å². The molecular formula is C26H25N3O3S. The Morgan fingerprint density at radius 3 is 2.48 bits per heavy atom. The number of amides is 1. The molecule has 0 saturated carbocycles. The number of anilines is 1. The van der Waals surface area contributed by atoms with Crippen LogP contribution in [0.5, 0.6) is 0 Å². The third kappa shape index (κ3) is 5.04. The number of aromatic nitrogens is 2. The molecule has 2 heterocycles. The maximum Gasteiger partial charge on any atom is 0.337 e. The highest BCUT2D eigenvalue weighted by molar-refractivity contribution is 7.14. The van der Waals surface area contributed by atoms with E-state index in [1.165, 1.54) is 18.4 Å². The van der Waals surface area contributed by atoms with Gasteiger partial charge in [-0.3, -0.25) is 4.79 Å². The number of carbonyl (C=O) groups is 2. The van der Waals surface area contributed by atoms with Gasteiger partial charge in [-0.25, -0.2) is 9.78 Å². The number of carbonyl (C=O) groups excluding carboxylic acids is 2. The molecule has 4 aromatic rings. The molecule has 4 rings (SSSR count). The molecule has 1 N–H and O–H groups in total. The monoisotopic (exact) mass is 459 g/mol. The zero-order valence-electron chi connectivity index (χ0n) is 18.8. The normalized spacial score (nSPS) is 10.8. The summed E-state index contributed by atoms with van der Waals surface area (Å²) in [7, 11) is 1.37. The second-order valence-corrected chi connectivity index (χ2v) is 8.59. The minimum Gasteiger partial charge on any atom is -0.465 e. The van der Waals surface area contributed by atoms with E-state index in [0.29, 0.717) is 23.5 Å². The van der Waals surface area contributed by atoms with Crippen LogP contribution in [0.1, 0.15) is 33.7 Å². The molecule has 0 radical (unpaired) electrons. The van der Waals surface area contributed by atoms with Gasteiger partial charge >= 0.3 is 5.97 Å². The van der Waals surface area contributed by atoms with Crippen molar-refractivity contribution in [1.29, 1.82) is 0 Å². The van der Waals surface area contributed by atoms with Crippen LogP contribution in [0.2, 0.25) is 0 Å². The quantitative estimate of drug-likeness (QED) is 0.367. The van der Waals surface area contributed by atoms with Gasteiger partial charge in [0, 0.05) is 34.4 Å². The minimum absolute atomic E-state index is 0.0454. The molecular weight excluding hydrogens is 434 g/mol. The Hall–Kier alpha value is -3.71. The lowest BCUT2D eigenvalue weighted by Crippen LogP contribution is -2.12. The summed E-state index contributed by atoms with van der Waals surface area (Å²) in [5.74, 6) is -0.403. The van der Waals surface area contributed by atoms with E-state index >= 15 is 0 Å². The fraction of sp³-hybridized carbons (Fsp3) is 0.192. The lowest BCUT2D eigenvalue weighted by Gasteiger charge is -2.10. The van der Waals surface area contributed by atoms with Crippen molar-refractivity contribution in [3.8, 4) is 16.9 Å². The van der Waals surface area contributed by atoms with Crippen LogP contribution in [0.25, 0.3) is 16.9 Å². The molecule has 1 amide bonds. The number of hydrogen-bond donors (Lipinski definition) is 1. The van der Waals surface area contributed by atoms with Gasteiger partial charge in [0.2, 0.25) is 5.91 Å². The maximum absolute atomic E-state index is 12.4. The van der Waals surface area contributed by atoms with Crippen molar-refractivity contribution in [1.82, 2.24) is 9.55 Å². The van der Waals surface area contributed by atoms with Crippen LogP contribution in [0, 0.1) is 13.8 Å². The Morgan fingerprint density at radius 1 is 1.06 bits per heavy atom. The van der Waals surface area contributed by atoms with Gasteiger partial charge in [0.25, 0.3) is 0 Å². The maximum atomic E-state index is 12.4. The van der Waals surface area contributed by atoms with Gasteiger partial charge in [0.05, 0.1) is 18.4 Å². The number of hydrogen-bond acceptors (Lipinski definition) is 5. The molecule has 7 heteroatoms. The molecule has 0 bridgehead atoms. The number of ether oxygens (including phenoxy) is 1. The van der Waals surface area contributed by atoms with Crippen molar-refractivity contribution in [3.05, 3.63) is 88.6 Å². The van der Waals surface area contributed by atoms with Crippen molar-refractivity contribution >= 4 is 28.3 Å². The molecule has 2 aromatic carbocycles. The van der Waals surface area contributed by atoms with E-state index in [-0.39, 0.29) is 11.9 Å². The number of benzene rings is 2. The van der Waals surface area contributed by atoms with Gasteiger partial charge in [-0.1, -0.05) is 30.3 Å². The number of nitrogens with one attached hydrogen (secondary N) is 1. The second-order valence-electron chi connectivity index (χ2n) is 7.73. The molecule has 0 aliphatic heterocycles. The Balaban J connectivity index is 1.48. The Bertz CT molecular complexity index is 1270. The van der Waals surface area contributed by atoms with Gasteiger partial charge in [0.15, 0.2) is 5.13 Å². The molecule has 0 atom stereocenters. The Labute approximate surface area is 196 Å². The summed E-state index contributed by atoms with van der Waals surface area (Å²) in [5.41, 5.74) is 6.51. The van der Waals surface area contributed by atoms with Crippen LogP contribution < -0.4 is 5.32 Å². The van der Waals surface area contributed by atoms with Gasteiger partial charge < -0.3 is 14.6 Å². The smallest absolute Gasteiger partial charge is 0.337 e. The van der Waals surface area contributed by atoms with E-state index in [1.807, 2.05) is 61.7 Å². The van der Waals surface area contributed by atoms with E-state index in [0.717, 1.165) is 33.9 Å². The summed E-state index contributed by atoms with van der Waals surface area (Å²) >= 11 is 1.42. The SMILES string of the molecule is COC(=O)c1ccc(-n2c(C)cc(-c3csc(NC(=O)CCc4ccccc4)n3)c2C)cc1. The molecule has 0 aliphatic rings. The van der Waals surface area contributed by atoms with Crippen LogP contribution in [0.3, 0.4) is 0 Å². The first kappa shape index (κ1) is 22.5. The number of thiazole rings is 1. The third-order valence-electron chi connectivity index (χ3n) is 5.49. The molecule has 0 spiro atoms. The van der Waals surface area contributed by atoms with Crippen molar-refractivity contribution < 1.29 is 14.3 Å². The molecule has 2 aromatic heterocycles. The predicted octanol–water partition coefficient (Wildman–Crippen LogP) is 5.58. The Morgan fingerprint density at radius 2 is 1.79 bits per heavy atom. The van der Waals surface area contributed by atoms with E-state index in [2.05, 4.69) is 20.9 Å². The van der Waals surface area contributed by atoms with Crippen LogP contribution in [0.4, 0.5) is 5.13 Å². The summed E-state index contributed by atoms with van der Waals surface area (Å²) < 4.78 is 6.89. The molecule has 0 fully saturated rings. The highest BCUT2D eigenvalue weighted by Gasteiger charge is 2.16.